The normalized spacial score (nSPS) is 23.2. The molecule has 1 heterocycles. The summed E-state index contributed by atoms with van der Waals surface area (Å²) in [6.07, 6.45) is 1.08. The number of aliphatic hydroxyl groups excluding tert-OH is 1. The highest BCUT2D eigenvalue weighted by Gasteiger charge is 2.36. The first kappa shape index (κ1) is 12.6. The molecule has 92 valence electrons. The third-order valence-corrected chi connectivity index (χ3v) is 3.79. The lowest BCUT2D eigenvalue weighted by atomic mass is 9.91. The SMILES string of the molecule is CCc1cc2c(cc1Br)OC(C)(CO)CC2=O. The Bertz CT molecular complexity index is 470. The number of benzene rings is 1. The smallest absolute Gasteiger partial charge is 0.170 e. The van der Waals surface area contributed by atoms with Crippen LogP contribution in [-0.4, -0.2) is 23.1 Å². The van der Waals surface area contributed by atoms with Gasteiger partial charge in [-0.25, -0.2) is 0 Å². The molecule has 17 heavy (non-hydrogen) atoms. The molecule has 0 spiro atoms. The molecular formula is C13H15BrO3. The largest absolute Gasteiger partial charge is 0.484 e. The van der Waals surface area contributed by atoms with Crippen molar-refractivity contribution in [2.45, 2.75) is 32.3 Å². The van der Waals surface area contributed by atoms with Crippen molar-refractivity contribution in [3.8, 4) is 5.75 Å². The molecule has 1 aliphatic rings. The van der Waals surface area contributed by atoms with Crippen LogP contribution >= 0.6 is 15.9 Å². The number of carbonyl (C=O) groups excluding carboxylic acids is 1. The maximum absolute atomic E-state index is 12.0. The molecular weight excluding hydrogens is 284 g/mol. The van der Waals surface area contributed by atoms with Gasteiger partial charge in [0, 0.05) is 4.47 Å². The lowest BCUT2D eigenvalue weighted by Crippen LogP contribution is -2.42. The molecule has 0 saturated heterocycles. The second-order valence-corrected chi connectivity index (χ2v) is 5.46. The van der Waals surface area contributed by atoms with Crippen LogP contribution in [0.1, 0.15) is 36.2 Å². The van der Waals surface area contributed by atoms with Crippen molar-refractivity contribution in [2.24, 2.45) is 0 Å². The van der Waals surface area contributed by atoms with Crippen LogP contribution in [0.3, 0.4) is 0 Å². The van der Waals surface area contributed by atoms with Crippen molar-refractivity contribution < 1.29 is 14.6 Å². The number of fused-ring (bicyclic) bond motifs is 1. The summed E-state index contributed by atoms with van der Waals surface area (Å²) >= 11 is 3.46. The molecule has 1 aromatic carbocycles. The van der Waals surface area contributed by atoms with E-state index in [1.807, 2.05) is 19.1 Å². The van der Waals surface area contributed by atoms with Crippen LogP contribution in [-0.2, 0) is 6.42 Å². The molecule has 1 aliphatic heterocycles. The van der Waals surface area contributed by atoms with Crippen LogP contribution in [0.2, 0.25) is 0 Å². The molecule has 1 atom stereocenters. The van der Waals surface area contributed by atoms with Crippen LogP contribution in [0.15, 0.2) is 16.6 Å². The maximum atomic E-state index is 12.0. The number of ketones is 1. The first-order valence-corrected chi connectivity index (χ1v) is 6.44. The monoisotopic (exact) mass is 298 g/mol. The molecule has 3 nitrogen and oxygen atoms in total. The van der Waals surface area contributed by atoms with E-state index in [0.29, 0.717) is 11.3 Å². The van der Waals surface area contributed by atoms with E-state index >= 15 is 0 Å². The molecule has 1 N–H and O–H groups in total. The van der Waals surface area contributed by atoms with Gasteiger partial charge in [-0.05, 0) is 31.0 Å². The van der Waals surface area contributed by atoms with E-state index in [1.165, 1.54) is 0 Å². The number of hydrogen-bond donors (Lipinski definition) is 1. The second kappa shape index (κ2) is 4.42. The minimum Gasteiger partial charge on any atom is -0.484 e. The molecule has 0 radical (unpaired) electrons. The molecule has 4 heteroatoms. The zero-order valence-electron chi connectivity index (χ0n) is 9.92. The fraction of sp³-hybridized carbons (Fsp3) is 0.462. The molecule has 0 aromatic heterocycles. The van der Waals surface area contributed by atoms with Crippen molar-refractivity contribution in [2.75, 3.05) is 6.61 Å². The Kier molecular flexibility index (Phi) is 3.27. The minimum absolute atomic E-state index is 0.0324. The highest BCUT2D eigenvalue weighted by atomic mass is 79.9. The maximum Gasteiger partial charge on any atom is 0.170 e. The number of hydrogen-bond acceptors (Lipinski definition) is 3. The average molecular weight is 299 g/mol. The topological polar surface area (TPSA) is 46.5 Å². The number of aliphatic hydroxyl groups is 1. The number of Topliss-reactive ketones (excluding diaryl/α,β-unsaturated/α-hetero) is 1. The van der Waals surface area contributed by atoms with Crippen LogP contribution < -0.4 is 4.74 Å². The Hall–Kier alpha value is -0.870. The lowest BCUT2D eigenvalue weighted by Gasteiger charge is -2.33. The highest BCUT2D eigenvalue weighted by Crippen LogP contribution is 2.36. The van der Waals surface area contributed by atoms with Crippen molar-refractivity contribution in [3.05, 3.63) is 27.7 Å². The zero-order valence-corrected chi connectivity index (χ0v) is 11.5. The molecule has 0 aliphatic carbocycles. The third kappa shape index (κ3) is 2.24. The van der Waals surface area contributed by atoms with Gasteiger partial charge in [-0.2, -0.15) is 0 Å². The molecule has 2 rings (SSSR count). The summed E-state index contributed by atoms with van der Waals surface area (Å²) in [6, 6.07) is 3.69. The Morgan fingerprint density at radius 1 is 1.53 bits per heavy atom. The van der Waals surface area contributed by atoms with Crippen molar-refractivity contribution in [1.82, 2.24) is 0 Å². The van der Waals surface area contributed by atoms with Gasteiger partial charge in [0.25, 0.3) is 0 Å². The van der Waals surface area contributed by atoms with E-state index in [2.05, 4.69) is 15.9 Å². The summed E-state index contributed by atoms with van der Waals surface area (Å²) in [5.41, 5.74) is 0.918. The lowest BCUT2D eigenvalue weighted by molar-refractivity contribution is 0.0108. The summed E-state index contributed by atoms with van der Waals surface area (Å²) in [5, 5.41) is 9.27. The average Bonchev–Trinajstić information content (AvgIpc) is 2.28. The number of carbonyl (C=O) groups is 1. The van der Waals surface area contributed by atoms with E-state index in [1.54, 1.807) is 6.92 Å². The molecule has 1 unspecified atom stereocenters. The van der Waals surface area contributed by atoms with Gasteiger partial charge in [0.1, 0.15) is 11.4 Å². The van der Waals surface area contributed by atoms with E-state index in [9.17, 15) is 9.90 Å². The Balaban J connectivity index is 2.49. The fourth-order valence-electron chi connectivity index (χ4n) is 2.00. The predicted molar refractivity (Wildman–Crippen MR) is 68.6 cm³/mol. The molecule has 0 fully saturated rings. The third-order valence-electron chi connectivity index (χ3n) is 3.06. The Labute approximate surface area is 109 Å². The zero-order chi connectivity index (χ0) is 12.6. The van der Waals surface area contributed by atoms with Gasteiger partial charge in [0.05, 0.1) is 18.6 Å². The first-order chi connectivity index (χ1) is 7.99. The summed E-state index contributed by atoms with van der Waals surface area (Å²) < 4.78 is 6.66. The van der Waals surface area contributed by atoms with Crippen LogP contribution in [0, 0.1) is 0 Å². The quantitative estimate of drug-likeness (QED) is 0.913. The molecule has 0 amide bonds. The Morgan fingerprint density at radius 2 is 2.24 bits per heavy atom. The van der Waals surface area contributed by atoms with Crippen LogP contribution in [0.25, 0.3) is 0 Å². The molecule has 0 saturated carbocycles. The molecule has 1 aromatic rings. The number of aryl methyl sites for hydroxylation is 1. The van der Waals surface area contributed by atoms with Gasteiger partial charge in [-0.15, -0.1) is 0 Å². The Morgan fingerprint density at radius 3 is 2.82 bits per heavy atom. The number of halogens is 1. The second-order valence-electron chi connectivity index (χ2n) is 4.60. The van der Waals surface area contributed by atoms with Gasteiger partial charge >= 0.3 is 0 Å². The summed E-state index contributed by atoms with van der Waals surface area (Å²) in [5.74, 6) is 0.590. The van der Waals surface area contributed by atoms with Crippen molar-refractivity contribution in [1.29, 1.82) is 0 Å². The summed E-state index contributed by atoms with van der Waals surface area (Å²) in [6.45, 7) is 3.62. The van der Waals surface area contributed by atoms with E-state index in [4.69, 9.17) is 4.74 Å². The van der Waals surface area contributed by atoms with Crippen LogP contribution in [0.5, 0.6) is 5.75 Å². The number of ether oxygens (including phenoxy) is 1. The van der Waals surface area contributed by atoms with Crippen LogP contribution in [0.4, 0.5) is 0 Å². The predicted octanol–water partition coefficient (Wildman–Crippen LogP) is 2.73. The standard InChI is InChI=1S/C13H15BrO3/c1-3-8-4-9-11(16)6-13(2,7-15)17-12(9)5-10(8)14/h4-5,15H,3,6-7H2,1-2H3. The van der Waals surface area contributed by atoms with Gasteiger partial charge < -0.3 is 9.84 Å². The minimum atomic E-state index is -0.794. The summed E-state index contributed by atoms with van der Waals surface area (Å²) in [4.78, 5) is 12.0. The first-order valence-electron chi connectivity index (χ1n) is 5.64. The van der Waals surface area contributed by atoms with E-state index in [0.717, 1.165) is 16.5 Å². The van der Waals surface area contributed by atoms with Crippen molar-refractivity contribution >= 4 is 21.7 Å². The van der Waals surface area contributed by atoms with E-state index < -0.39 is 5.60 Å². The highest BCUT2D eigenvalue weighted by molar-refractivity contribution is 9.10. The van der Waals surface area contributed by atoms with Gasteiger partial charge in [-0.1, -0.05) is 22.9 Å². The number of rotatable bonds is 2. The van der Waals surface area contributed by atoms with Gasteiger partial charge in [-0.3, -0.25) is 4.79 Å². The fourth-order valence-corrected chi connectivity index (χ4v) is 2.60. The van der Waals surface area contributed by atoms with Crippen molar-refractivity contribution in [3.63, 3.8) is 0 Å². The van der Waals surface area contributed by atoms with Gasteiger partial charge in [0.2, 0.25) is 0 Å². The van der Waals surface area contributed by atoms with E-state index in [-0.39, 0.29) is 18.8 Å². The van der Waals surface area contributed by atoms with Gasteiger partial charge in [0.15, 0.2) is 5.78 Å². The summed E-state index contributed by atoms with van der Waals surface area (Å²) in [7, 11) is 0. The molecule has 0 bridgehead atoms.